The van der Waals surface area contributed by atoms with Crippen molar-refractivity contribution in [2.45, 2.75) is 32.2 Å². The number of hydrogen-bond acceptors (Lipinski definition) is 2. The molecule has 0 bridgehead atoms. The summed E-state index contributed by atoms with van der Waals surface area (Å²) in [6.07, 6.45) is 2.62. The van der Waals surface area contributed by atoms with Gasteiger partial charge in [-0.1, -0.05) is 24.6 Å². The summed E-state index contributed by atoms with van der Waals surface area (Å²) in [5.74, 6) is -0.650. The number of carboxylic acid groups (broad SMARTS) is 1. The third-order valence-electron chi connectivity index (χ3n) is 3.21. The standard InChI is InChI=1S/C14H17NO3/c16-13(17)8-2-1-5-9-15-10-11-6-3-4-7-12(11)14(15)18/h3-4,6-7H,1-2,5,8-10H2,(H,16,17). The molecule has 4 nitrogen and oxygen atoms in total. The number of hydrogen-bond donors (Lipinski definition) is 1. The monoisotopic (exact) mass is 247 g/mol. The number of fused-ring (bicyclic) bond motifs is 1. The van der Waals surface area contributed by atoms with Gasteiger partial charge in [0.15, 0.2) is 0 Å². The van der Waals surface area contributed by atoms with Crippen LogP contribution in [0.25, 0.3) is 0 Å². The Morgan fingerprint density at radius 3 is 2.72 bits per heavy atom. The van der Waals surface area contributed by atoms with E-state index < -0.39 is 5.97 Å². The van der Waals surface area contributed by atoms with E-state index in [1.807, 2.05) is 29.2 Å². The molecule has 0 atom stereocenters. The highest BCUT2D eigenvalue weighted by Crippen LogP contribution is 2.22. The molecule has 0 saturated heterocycles. The van der Waals surface area contributed by atoms with Gasteiger partial charge in [-0.3, -0.25) is 9.59 Å². The van der Waals surface area contributed by atoms with Crippen LogP contribution in [0.5, 0.6) is 0 Å². The molecule has 1 heterocycles. The Balaban J connectivity index is 1.76. The third-order valence-corrected chi connectivity index (χ3v) is 3.21. The topological polar surface area (TPSA) is 57.6 Å². The molecule has 0 unspecified atom stereocenters. The lowest BCUT2D eigenvalue weighted by molar-refractivity contribution is -0.137. The molecule has 18 heavy (non-hydrogen) atoms. The number of carboxylic acids is 1. The normalized spacial score (nSPS) is 13.8. The van der Waals surface area contributed by atoms with Crippen molar-refractivity contribution in [2.24, 2.45) is 0 Å². The van der Waals surface area contributed by atoms with Crippen molar-refractivity contribution in [1.29, 1.82) is 0 Å². The number of carbonyl (C=O) groups excluding carboxylic acids is 1. The molecular weight excluding hydrogens is 230 g/mol. The highest BCUT2D eigenvalue weighted by atomic mass is 16.4. The maximum atomic E-state index is 12.0. The van der Waals surface area contributed by atoms with E-state index in [9.17, 15) is 9.59 Å². The Morgan fingerprint density at radius 1 is 1.22 bits per heavy atom. The molecule has 1 aliphatic rings. The van der Waals surface area contributed by atoms with Gasteiger partial charge in [-0.15, -0.1) is 0 Å². The quantitative estimate of drug-likeness (QED) is 0.785. The van der Waals surface area contributed by atoms with E-state index in [0.717, 1.165) is 24.0 Å². The Labute approximate surface area is 106 Å². The summed E-state index contributed by atoms with van der Waals surface area (Å²) in [7, 11) is 0. The lowest BCUT2D eigenvalue weighted by atomic mass is 10.1. The maximum absolute atomic E-state index is 12.0. The molecule has 1 aromatic rings. The number of unbranched alkanes of at least 4 members (excludes halogenated alkanes) is 2. The van der Waals surface area contributed by atoms with E-state index in [1.54, 1.807) is 0 Å². The molecule has 1 amide bonds. The van der Waals surface area contributed by atoms with Gasteiger partial charge in [-0.05, 0) is 24.5 Å². The largest absolute Gasteiger partial charge is 0.481 e. The smallest absolute Gasteiger partial charge is 0.303 e. The predicted molar refractivity (Wildman–Crippen MR) is 67.3 cm³/mol. The zero-order chi connectivity index (χ0) is 13.0. The van der Waals surface area contributed by atoms with Crippen molar-refractivity contribution in [3.05, 3.63) is 35.4 Å². The highest BCUT2D eigenvalue weighted by Gasteiger charge is 2.25. The SMILES string of the molecule is O=C(O)CCCCCN1Cc2ccccc2C1=O. The molecule has 0 radical (unpaired) electrons. The second kappa shape index (κ2) is 5.67. The van der Waals surface area contributed by atoms with Gasteiger partial charge < -0.3 is 10.0 Å². The van der Waals surface area contributed by atoms with Gasteiger partial charge in [0.25, 0.3) is 5.91 Å². The molecule has 0 aliphatic carbocycles. The molecule has 0 saturated carbocycles. The van der Waals surface area contributed by atoms with E-state index in [1.165, 1.54) is 0 Å². The summed E-state index contributed by atoms with van der Waals surface area (Å²) in [4.78, 5) is 24.2. The first-order valence-electron chi connectivity index (χ1n) is 6.27. The van der Waals surface area contributed by atoms with E-state index in [-0.39, 0.29) is 12.3 Å². The molecular formula is C14H17NO3. The van der Waals surface area contributed by atoms with Gasteiger partial charge in [0.2, 0.25) is 0 Å². The summed E-state index contributed by atoms with van der Waals surface area (Å²) in [6.45, 7) is 1.40. The summed E-state index contributed by atoms with van der Waals surface area (Å²) in [5, 5.41) is 8.52. The zero-order valence-corrected chi connectivity index (χ0v) is 10.3. The number of benzene rings is 1. The molecule has 2 rings (SSSR count). The lowest BCUT2D eigenvalue weighted by Gasteiger charge is -2.14. The van der Waals surface area contributed by atoms with Crippen molar-refractivity contribution in [3.63, 3.8) is 0 Å². The van der Waals surface area contributed by atoms with Crippen molar-refractivity contribution < 1.29 is 14.7 Å². The fourth-order valence-electron chi connectivity index (χ4n) is 2.25. The van der Waals surface area contributed by atoms with Crippen LogP contribution in [0, 0.1) is 0 Å². The second-order valence-electron chi connectivity index (χ2n) is 4.59. The molecule has 4 heteroatoms. The van der Waals surface area contributed by atoms with Crippen LogP contribution in [0.3, 0.4) is 0 Å². The Bertz CT molecular complexity index is 456. The fraction of sp³-hybridized carbons (Fsp3) is 0.429. The predicted octanol–water partition coefficient (Wildman–Crippen LogP) is 2.29. The van der Waals surface area contributed by atoms with Gasteiger partial charge in [-0.2, -0.15) is 0 Å². The number of rotatable bonds is 6. The van der Waals surface area contributed by atoms with Crippen LogP contribution in [0.15, 0.2) is 24.3 Å². The van der Waals surface area contributed by atoms with Gasteiger partial charge in [0.05, 0.1) is 0 Å². The van der Waals surface area contributed by atoms with Crippen molar-refractivity contribution in [2.75, 3.05) is 6.54 Å². The van der Waals surface area contributed by atoms with Crippen LogP contribution in [-0.2, 0) is 11.3 Å². The zero-order valence-electron chi connectivity index (χ0n) is 10.3. The lowest BCUT2D eigenvalue weighted by Crippen LogP contribution is -2.24. The number of amides is 1. The van der Waals surface area contributed by atoms with Crippen LogP contribution in [-0.4, -0.2) is 28.4 Å². The van der Waals surface area contributed by atoms with Gasteiger partial charge in [-0.25, -0.2) is 0 Å². The van der Waals surface area contributed by atoms with Crippen LogP contribution in [0.1, 0.15) is 41.6 Å². The summed E-state index contributed by atoms with van der Waals surface area (Å²) >= 11 is 0. The number of aliphatic carboxylic acids is 1. The summed E-state index contributed by atoms with van der Waals surface area (Å²) in [6, 6.07) is 7.68. The van der Waals surface area contributed by atoms with Gasteiger partial charge in [0, 0.05) is 25.1 Å². The molecule has 1 N–H and O–H groups in total. The minimum Gasteiger partial charge on any atom is -0.481 e. The fourth-order valence-corrected chi connectivity index (χ4v) is 2.25. The summed E-state index contributed by atoms with van der Waals surface area (Å²) in [5.41, 5.74) is 1.90. The maximum Gasteiger partial charge on any atom is 0.303 e. The van der Waals surface area contributed by atoms with Crippen LogP contribution in [0.2, 0.25) is 0 Å². The number of carbonyl (C=O) groups is 2. The van der Waals surface area contributed by atoms with E-state index in [2.05, 4.69) is 0 Å². The number of nitrogens with zero attached hydrogens (tertiary/aromatic N) is 1. The average Bonchev–Trinajstić information content (AvgIpc) is 2.66. The van der Waals surface area contributed by atoms with Crippen molar-refractivity contribution >= 4 is 11.9 Å². The van der Waals surface area contributed by atoms with E-state index in [0.29, 0.717) is 19.5 Å². The van der Waals surface area contributed by atoms with Crippen LogP contribution in [0.4, 0.5) is 0 Å². The Hall–Kier alpha value is -1.84. The first-order chi connectivity index (χ1) is 8.68. The van der Waals surface area contributed by atoms with E-state index >= 15 is 0 Å². The van der Waals surface area contributed by atoms with Gasteiger partial charge in [0.1, 0.15) is 0 Å². The first kappa shape index (κ1) is 12.6. The Morgan fingerprint density at radius 2 is 2.00 bits per heavy atom. The molecule has 1 aromatic carbocycles. The second-order valence-corrected chi connectivity index (χ2v) is 4.59. The highest BCUT2D eigenvalue weighted by molar-refractivity contribution is 5.98. The van der Waals surface area contributed by atoms with Crippen molar-refractivity contribution in [1.82, 2.24) is 4.90 Å². The van der Waals surface area contributed by atoms with Crippen LogP contribution < -0.4 is 0 Å². The average molecular weight is 247 g/mol. The first-order valence-corrected chi connectivity index (χ1v) is 6.27. The minimum absolute atomic E-state index is 0.101. The minimum atomic E-state index is -0.750. The molecule has 0 spiro atoms. The Kier molecular flexibility index (Phi) is 3.97. The van der Waals surface area contributed by atoms with Crippen molar-refractivity contribution in [3.8, 4) is 0 Å². The molecule has 1 aliphatic heterocycles. The molecule has 0 fully saturated rings. The summed E-state index contributed by atoms with van der Waals surface area (Å²) < 4.78 is 0. The third kappa shape index (κ3) is 2.88. The molecule has 96 valence electrons. The van der Waals surface area contributed by atoms with E-state index in [4.69, 9.17) is 5.11 Å². The molecule has 0 aromatic heterocycles. The van der Waals surface area contributed by atoms with Gasteiger partial charge >= 0.3 is 5.97 Å². The van der Waals surface area contributed by atoms with Crippen LogP contribution >= 0.6 is 0 Å².